The Hall–Kier alpha value is -0.0894. The first-order valence-corrected chi connectivity index (χ1v) is 10.4. The lowest BCUT2D eigenvalue weighted by Crippen LogP contribution is -2.38. The maximum absolute atomic E-state index is 10.2. The summed E-state index contributed by atoms with van der Waals surface area (Å²) in [5.74, 6) is 0. The number of rotatable bonds is 12. The van der Waals surface area contributed by atoms with Gasteiger partial charge < -0.3 is 13.3 Å². The number of nitrogens with zero attached hydrogens (tertiary/aromatic N) is 1. The molecule has 0 aromatic heterocycles. The van der Waals surface area contributed by atoms with Gasteiger partial charge in [-0.05, 0) is 27.2 Å². The number of aliphatic imine (C=N–C) groups is 1. The van der Waals surface area contributed by atoms with Gasteiger partial charge in [-0.3, -0.25) is 0 Å². The minimum absolute atomic E-state index is 0.183. The van der Waals surface area contributed by atoms with Crippen molar-refractivity contribution in [1.29, 1.82) is 0 Å². The van der Waals surface area contributed by atoms with E-state index < -0.39 is 29.3 Å². The molecule has 5 nitrogen and oxygen atoms in total. The molecule has 0 aliphatic heterocycles. The van der Waals surface area contributed by atoms with Crippen LogP contribution in [-0.4, -0.2) is 61.7 Å². The van der Waals surface area contributed by atoms with E-state index in [2.05, 4.69) is 4.99 Å². The van der Waals surface area contributed by atoms with Crippen LogP contribution in [0.5, 0.6) is 0 Å². The van der Waals surface area contributed by atoms with Crippen LogP contribution in [0.2, 0.25) is 4.28 Å². The standard InChI is InChI=1S/C10H25NO4Si3/c1-4-13-16-10(17-14-5-2,18-15-6-3)7-8-11-9-12/h4-8,16-18H2,1-3H3. The fourth-order valence-corrected chi connectivity index (χ4v) is 8.05. The Kier molecular flexibility index (Phi) is 11.9. The molecular formula is C10H25NO4Si3. The molecule has 0 unspecified atom stereocenters. The molecule has 0 aliphatic carbocycles. The second-order valence-corrected chi connectivity index (χ2v) is 13.7. The normalized spacial score (nSPS) is 15.9. The van der Waals surface area contributed by atoms with E-state index in [1.807, 2.05) is 20.8 Å². The first-order chi connectivity index (χ1) is 8.74. The van der Waals surface area contributed by atoms with E-state index >= 15 is 0 Å². The van der Waals surface area contributed by atoms with Gasteiger partial charge in [0.15, 0.2) is 29.3 Å². The number of hydrogen-bond acceptors (Lipinski definition) is 5. The summed E-state index contributed by atoms with van der Waals surface area (Å²) in [5.41, 5.74) is 0. The quantitative estimate of drug-likeness (QED) is 0.268. The molecule has 0 fully saturated rings. The topological polar surface area (TPSA) is 57.1 Å². The third-order valence-electron chi connectivity index (χ3n) is 2.66. The molecule has 8 heteroatoms. The van der Waals surface area contributed by atoms with Crippen LogP contribution in [0, 0.1) is 0 Å². The van der Waals surface area contributed by atoms with Gasteiger partial charge in [0, 0.05) is 24.1 Å². The van der Waals surface area contributed by atoms with Crippen LogP contribution in [0.15, 0.2) is 4.99 Å². The Bertz CT molecular complexity index is 228. The third-order valence-corrected chi connectivity index (χ3v) is 11.1. The van der Waals surface area contributed by atoms with Gasteiger partial charge in [-0.15, -0.1) is 0 Å². The zero-order valence-electron chi connectivity index (χ0n) is 11.7. The summed E-state index contributed by atoms with van der Waals surface area (Å²) in [4.78, 5) is 13.9. The molecule has 0 amide bonds. The molecule has 18 heavy (non-hydrogen) atoms. The summed E-state index contributed by atoms with van der Waals surface area (Å²) in [5, 5.41) is 0. The van der Waals surface area contributed by atoms with E-state index in [1.54, 1.807) is 6.08 Å². The van der Waals surface area contributed by atoms with Crippen LogP contribution in [-0.2, 0) is 18.1 Å². The highest BCUT2D eigenvalue weighted by Gasteiger charge is 2.33. The fraction of sp³-hybridized carbons (Fsp3) is 0.900. The van der Waals surface area contributed by atoms with Crippen molar-refractivity contribution in [2.24, 2.45) is 4.99 Å². The first-order valence-electron chi connectivity index (χ1n) is 6.51. The number of isocyanates is 1. The smallest absolute Gasteiger partial charge is 0.234 e. The van der Waals surface area contributed by atoms with E-state index in [0.29, 0.717) is 6.54 Å². The Labute approximate surface area is 117 Å². The van der Waals surface area contributed by atoms with E-state index in [4.69, 9.17) is 13.3 Å². The zero-order valence-corrected chi connectivity index (χ0v) is 16.0. The van der Waals surface area contributed by atoms with Gasteiger partial charge in [0.1, 0.15) is 0 Å². The molecule has 0 saturated heterocycles. The van der Waals surface area contributed by atoms with E-state index in [-0.39, 0.29) is 4.28 Å². The molecule has 0 heterocycles. The molecule has 0 aliphatic rings. The van der Waals surface area contributed by atoms with Crippen molar-refractivity contribution in [2.75, 3.05) is 26.4 Å². The Morgan fingerprint density at radius 1 is 1.00 bits per heavy atom. The van der Waals surface area contributed by atoms with Crippen LogP contribution in [0.25, 0.3) is 0 Å². The number of hydrogen-bond donors (Lipinski definition) is 0. The molecule has 0 spiro atoms. The average molecular weight is 308 g/mol. The summed E-state index contributed by atoms with van der Waals surface area (Å²) in [6, 6.07) is 0. The largest absolute Gasteiger partial charge is 0.424 e. The summed E-state index contributed by atoms with van der Waals surface area (Å²) in [6.07, 6.45) is 2.49. The highest BCUT2D eigenvalue weighted by molar-refractivity contribution is 6.74. The van der Waals surface area contributed by atoms with Crippen LogP contribution in [0.1, 0.15) is 27.2 Å². The maximum atomic E-state index is 10.2. The van der Waals surface area contributed by atoms with Crippen molar-refractivity contribution in [3.05, 3.63) is 0 Å². The van der Waals surface area contributed by atoms with Crippen molar-refractivity contribution >= 4 is 35.4 Å². The predicted octanol–water partition coefficient (Wildman–Crippen LogP) is -0.853. The van der Waals surface area contributed by atoms with Crippen molar-refractivity contribution in [3.8, 4) is 0 Å². The molecule has 106 valence electrons. The molecule has 0 N–H and O–H groups in total. The highest BCUT2D eigenvalue weighted by Crippen LogP contribution is 2.27. The SMILES string of the molecule is CCO[SiH2]C(CCN=C=O)([SiH2]OCC)[SiH2]OCC. The van der Waals surface area contributed by atoms with Gasteiger partial charge in [-0.2, -0.15) is 0 Å². The van der Waals surface area contributed by atoms with Gasteiger partial charge in [-0.1, -0.05) is 0 Å². The summed E-state index contributed by atoms with van der Waals surface area (Å²) in [6.45, 7) is 8.86. The van der Waals surface area contributed by atoms with Gasteiger partial charge in [-0.25, -0.2) is 9.79 Å². The lowest BCUT2D eigenvalue weighted by molar-refractivity contribution is 0.315. The summed E-state index contributed by atoms with van der Waals surface area (Å²) < 4.78 is 17.4. The molecule has 0 saturated carbocycles. The maximum Gasteiger partial charge on any atom is 0.234 e. The Balaban J connectivity index is 4.55. The van der Waals surface area contributed by atoms with Crippen molar-refractivity contribution in [3.63, 3.8) is 0 Å². The molecular weight excluding hydrogens is 282 g/mol. The monoisotopic (exact) mass is 307 g/mol. The number of carbonyl (C=O) groups excluding carboxylic acids is 1. The van der Waals surface area contributed by atoms with Gasteiger partial charge in [0.2, 0.25) is 6.08 Å². The second-order valence-electron chi connectivity index (χ2n) is 4.13. The van der Waals surface area contributed by atoms with Crippen molar-refractivity contribution in [2.45, 2.75) is 31.5 Å². The molecule has 0 atom stereocenters. The summed E-state index contributed by atoms with van der Waals surface area (Å²) >= 11 is 0. The highest BCUT2D eigenvalue weighted by atomic mass is 28.4. The van der Waals surface area contributed by atoms with E-state index in [9.17, 15) is 4.79 Å². The summed E-state index contributed by atoms with van der Waals surface area (Å²) in [7, 11) is -2.00. The Morgan fingerprint density at radius 2 is 1.44 bits per heavy atom. The van der Waals surface area contributed by atoms with Crippen molar-refractivity contribution < 1.29 is 18.1 Å². The van der Waals surface area contributed by atoms with Gasteiger partial charge in [0.25, 0.3) is 0 Å². The van der Waals surface area contributed by atoms with Gasteiger partial charge >= 0.3 is 0 Å². The van der Waals surface area contributed by atoms with Crippen LogP contribution < -0.4 is 0 Å². The molecule has 0 radical (unpaired) electrons. The Morgan fingerprint density at radius 3 is 1.78 bits per heavy atom. The predicted molar refractivity (Wildman–Crippen MR) is 80.8 cm³/mol. The second kappa shape index (κ2) is 12.0. The van der Waals surface area contributed by atoms with Crippen LogP contribution >= 0.6 is 0 Å². The molecule has 0 aromatic carbocycles. The van der Waals surface area contributed by atoms with E-state index in [1.165, 1.54) is 0 Å². The third kappa shape index (κ3) is 8.09. The molecule has 0 bridgehead atoms. The molecule has 0 rings (SSSR count). The van der Waals surface area contributed by atoms with Crippen LogP contribution in [0.3, 0.4) is 0 Å². The van der Waals surface area contributed by atoms with E-state index in [0.717, 1.165) is 26.2 Å². The fourth-order valence-electron chi connectivity index (χ4n) is 1.64. The van der Waals surface area contributed by atoms with Crippen LogP contribution in [0.4, 0.5) is 0 Å². The minimum Gasteiger partial charge on any atom is -0.424 e. The first kappa shape index (κ1) is 17.9. The molecule has 0 aromatic rings. The van der Waals surface area contributed by atoms with Gasteiger partial charge in [0.05, 0.1) is 6.54 Å². The zero-order chi connectivity index (χ0) is 13.7. The minimum atomic E-state index is -0.667. The lowest BCUT2D eigenvalue weighted by atomic mass is 10.5. The van der Waals surface area contributed by atoms with Crippen molar-refractivity contribution in [1.82, 2.24) is 0 Å². The average Bonchev–Trinajstić information content (AvgIpc) is 2.40. The lowest BCUT2D eigenvalue weighted by Gasteiger charge is -2.30.